The van der Waals surface area contributed by atoms with E-state index in [1.165, 1.54) is 0 Å². The van der Waals surface area contributed by atoms with Crippen LogP contribution in [0.5, 0.6) is 0 Å². The molecule has 3 aromatic rings. The molecule has 1 heterocycles. The first-order valence-corrected chi connectivity index (χ1v) is 9.06. The van der Waals surface area contributed by atoms with E-state index < -0.39 is 11.8 Å². The fourth-order valence-electron chi connectivity index (χ4n) is 3.45. The van der Waals surface area contributed by atoms with E-state index in [9.17, 15) is 4.79 Å². The molecule has 4 nitrogen and oxygen atoms in total. The van der Waals surface area contributed by atoms with Crippen LogP contribution in [0.3, 0.4) is 0 Å². The van der Waals surface area contributed by atoms with E-state index >= 15 is 0 Å². The van der Waals surface area contributed by atoms with Gasteiger partial charge < -0.3 is 14.8 Å². The lowest BCUT2D eigenvalue weighted by Gasteiger charge is -2.43. The molecule has 0 aliphatic carbocycles. The van der Waals surface area contributed by atoms with Gasteiger partial charge in [-0.05, 0) is 17.7 Å². The van der Waals surface area contributed by atoms with Crippen molar-refractivity contribution >= 4 is 5.97 Å². The number of esters is 1. The van der Waals surface area contributed by atoms with E-state index in [1.807, 2.05) is 78.9 Å². The van der Waals surface area contributed by atoms with Crippen LogP contribution in [0.1, 0.15) is 27.5 Å². The highest BCUT2D eigenvalue weighted by Gasteiger charge is 2.48. The Morgan fingerprint density at radius 3 is 2.15 bits per heavy atom. The molecule has 2 unspecified atom stereocenters. The number of ether oxygens (including phenoxy) is 2. The molecule has 3 aromatic carbocycles. The molecule has 4 heteroatoms. The van der Waals surface area contributed by atoms with Crippen molar-refractivity contribution in [2.75, 3.05) is 13.2 Å². The van der Waals surface area contributed by atoms with Gasteiger partial charge in [0, 0.05) is 12.1 Å². The minimum atomic E-state index is -1.24. The Hall–Kier alpha value is -2.95. The summed E-state index contributed by atoms with van der Waals surface area (Å²) in [4.78, 5) is 12.9. The van der Waals surface area contributed by atoms with Gasteiger partial charge in [-0.15, -0.1) is 0 Å². The topological polar surface area (TPSA) is 47.6 Å². The van der Waals surface area contributed by atoms with E-state index in [0.29, 0.717) is 18.7 Å². The summed E-state index contributed by atoms with van der Waals surface area (Å²) < 4.78 is 12.3. The van der Waals surface area contributed by atoms with Crippen LogP contribution in [0.2, 0.25) is 0 Å². The average Bonchev–Trinajstić information content (AvgIpc) is 2.76. The lowest BCUT2D eigenvalue weighted by Crippen LogP contribution is -2.52. The third kappa shape index (κ3) is 3.50. The summed E-state index contributed by atoms with van der Waals surface area (Å²) in [5.74, 6) is -1.66. The fraction of sp³-hybridized carbons (Fsp3) is 0.174. The summed E-state index contributed by atoms with van der Waals surface area (Å²) in [7, 11) is 0. The maximum absolute atomic E-state index is 12.9. The van der Waals surface area contributed by atoms with Crippen LogP contribution >= 0.6 is 0 Å². The zero-order valence-electron chi connectivity index (χ0n) is 14.9. The second-order valence-corrected chi connectivity index (χ2v) is 6.44. The zero-order chi connectivity index (χ0) is 18.5. The molecule has 0 saturated carbocycles. The van der Waals surface area contributed by atoms with Crippen molar-refractivity contribution in [3.05, 3.63) is 108 Å². The van der Waals surface area contributed by atoms with Crippen LogP contribution in [0.25, 0.3) is 0 Å². The first kappa shape index (κ1) is 17.5. The Morgan fingerprint density at radius 1 is 0.889 bits per heavy atom. The van der Waals surface area contributed by atoms with Crippen molar-refractivity contribution in [1.29, 1.82) is 0 Å². The van der Waals surface area contributed by atoms with Gasteiger partial charge >= 0.3 is 5.97 Å². The molecule has 1 N–H and O–H groups in total. The Kier molecular flexibility index (Phi) is 5.01. The number of benzene rings is 3. The van der Waals surface area contributed by atoms with Crippen molar-refractivity contribution in [1.82, 2.24) is 5.32 Å². The third-order valence-corrected chi connectivity index (χ3v) is 4.71. The minimum Gasteiger partial charge on any atom is -0.423 e. The molecule has 2 atom stereocenters. The summed E-state index contributed by atoms with van der Waals surface area (Å²) in [6.07, 6.45) is 0. The Bertz CT molecular complexity index is 883. The molecule has 0 amide bonds. The highest BCUT2D eigenvalue weighted by Crippen LogP contribution is 2.42. The summed E-state index contributed by atoms with van der Waals surface area (Å²) in [6.45, 7) is 1.12. The van der Waals surface area contributed by atoms with Gasteiger partial charge in [0.2, 0.25) is 0 Å². The van der Waals surface area contributed by atoms with E-state index in [-0.39, 0.29) is 6.04 Å². The Morgan fingerprint density at radius 2 is 1.48 bits per heavy atom. The maximum atomic E-state index is 12.9. The van der Waals surface area contributed by atoms with Gasteiger partial charge in [0.1, 0.15) is 6.04 Å². The Labute approximate surface area is 158 Å². The second kappa shape index (κ2) is 7.74. The first-order valence-electron chi connectivity index (χ1n) is 9.06. The predicted molar refractivity (Wildman–Crippen MR) is 103 cm³/mol. The van der Waals surface area contributed by atoms with Crippen LogP contribution < -0.4 is 5.32 Å². The van der Waals surface area contributed by atoms with Gasteiger partial charge in [-0.1, -0.05) is 78.9 Å². The number of morpholine rings is 1. The smallest absolute Gasteiger partial charge is 0.340 e. The first-order chi connectivity index (χ1) is 13.3. The average molecular weight is 359 g/mol. The number of nitrogens with one attached hydrogen (secondary N) is 1. The van der Waals surface area contributed by atoms with Crippen LogP contribution in [0, 0.1) is 0 Å². The summed E-state index contributed by atoms with van der Waals surface area (Å²) in [5, 5.41) is 3.48. The van der Waals surface area contributed by atoms with Gasteiger partial charge in [0.15, 0.2) is 0 Å². The van der Waals surface area contributed by atoms with E-state index in [0.717, 1.165) is 11.1 Å². The van der Waals surface area contributed by atoms with Crippen LogP contribution in [0.4, 0.5) is 0 Å². The van der Waals surface area contributed by atoms with Gasteiger partial charge in [-0.25, -0.2) is 4.79 Å². The highest BCUT2D eigenvalue weighted by molar-refractivity contribution is 5.89. The van der Waals surface area contributed by atoms with Crippen molar-refractivity contribution in [2.24, 2.45) is 0 Å². The number of carbonyl (C=O) groups is 1. The lowest BCUT2D eigenvalue weighted by molar-refractivity contribution is -0.249. The molecule has 1 saturated heterocycles. The summed E-state index contributed by atoms with van der Waals surface area (Å²) >= 11 is 0. The van der Waals surface area contributed by atoms with Gasteiger partial charge in [0.25, 0.3) is 5.79 Å². The third-order valence-electron chi connectivity index (χ3n) is 4.71. The van der Waals surface area contributed by atoms with Crippen LogP contribution in [-0.2, 0) is 15.3 Å². The monoisotopic (exact) mass is 359 g/mol. The van der Waals surface area contributed by atoms with Crippen molar-refractivity contribution in [2.45, 2.75) is 11.8 Å². The van der Waals surface area contributed by atoms with E-state index in [1.54, 1.807) is 12.1 Å². The van der Waals surface area contributed by atoms with E-state index in [4.69, 9.17) is 9.47 Å². The lowest BCUT2D eigenvalue weighted by atomic mass is 9.90. The van der Waals surface area contributed by atoms with Crippen molar-refractivity contribution in [3.63, 3.8) is 0 Å². The Balaban J connectivity index is 1.79. The van der Waals surface area contributed by atoms with Gasteiger partial charge in [-0.3, -0.25) is 0 Å². The molecule has 0 bridgehead atoms. The minimum absolute atomic E-state index is 0.317. The molecule has 1 fully saturated rings. The molecule has 1 aliphatic rings. The number of hydrogen-bond acceptors (Lipinski definition) is 4. The van der Waals surface area contributed by atoms with Crippen molar-refractivity contribution in [3.8, 4) is 0 Å². The fourth-order valence-corrected chi connectivity index (χ4v) is 3.45. The molecule has 0 spiro atoms. The molecular weight excluding hydrogens is 338 g/mol. The molecule has 4 rings (SSSR count). The quantitative estimate of drug-likeness (QED) is 0.714. The number of hydrogen-bond donors (Lipinski definition) is 1. The maximum Gasteiger partial charge on any atom is 0.340 e. The van der Waals surface area contributed by atoms with Gasteiger partial charge in [-0.2, -0.15) is 0 Å². The SMILES string of the molecule is O=C(OC1(c2ccccc2)OCCNC1c1ccccc1)c1ccccc1. The standard InChI is InChI=1S/C23H21NO3/c25-22(19-12-6-2-7-13-19)27-23(20-14-8-3-9-15-20)21(24-16-17-26-23)18-10-4-1-5-11-18/h1-15,21,24H,16-17H2. The predicted octanol–water partition coefficient (Wildman–Crippen LogP) is 4.06. The zero-order valence-corrected chi connectivity index (χ0v) is 14.9. The highest BCUT2D eigenvalue weighted by atomic mass is 16.7. The molecule has 0 aromatic heterocycles. The van der Waals surface area contributed by atoms with E-state index in [2.05, 4.69) is 5.32 Å². The summed E-state index contributed by atoms with van der Waals surface area (Å²) in [5.41, 5.74) is 2.30. The molecule has 0 radical (unpaired) electrons. The van der Waals surface area contributed by atoms with Crippen molar-refractivity contribution < 1.29 is 14.3 Å². The molecular formula is C23H21NO3. The summed E-state index contributed by atoms with van der Waals surface area (Å²) in [6, 6.07) is 28.3. The van der Waals surface area contributed by atoms with Crippen LogP contribution in [-0.4, -0.2) is 19.1 Å². The molecule has 136 valence electrons. The molecule has 27 heavy (non-hydrogen) atoms. The molecule has 1 aliphatic heterocycles. The van der Waals surface area contributed by atoms with Gasteiger partial charge in [0.05, 0.1) is 12.2 Å². The number of rotatable bonds is 4. The second-order valence-electron chi connectivity index (χ2n) is 6.44. The van der Waals surface area contributed by atoms with Crippen LogP contribution in [0.15, 0.2) is 91.0 Å². The number of carbonyl (C=O) groups excluding carboxylic acids is 1. The largest absolute Gasteiger partial charge is 0.423 e. The normalized spacial score (nSPS) is 22.1.